The second-order valence-electron chi connectivity index (χ2n) is 5.21. The molecule has 0 fully saturated rings. The summed E-state index contributed by atoms with van der Waals surface area (Å²) < 4.78 is 0. The van der Waals surface area contributed by atoms with E-state index in [-0.39, 0.29) is 23.4 Å². The van der Waals surface area contributed by atoms with E-state index in [0.29, 0.717) is 5.69 Å². The summed E-state index contributed by atoms with van der Waals surface area (Å²) in [5, 5.41) is 2.78. The summed E-state index contributed by atoms with van der Waals surface area (Å²) in [4.78, 5) is 24.4. The molecule has 0 heterocycles. The number of nitrogen functional groups attached to an aromatic ring is 1. The Kier molecular flexibility index (Phi) is 6.07. The minimum atomic E-state index is -0.412. The van der Waals surface area contributed by atoms with E-state index in [0.717, 1.165) is 10.5 Å². The molecule has 1 atom stereocenters. The van der Waals surface area contributed by atoms with Crippen LogP contribution in [-0.2, 0) is 9.59 Å². The Morgan fingerprint density at radius 3 is 2.55 bits per heavy atom. The fourth-order valence-electron chi connectivity index (χ4n) is 1.87. The van der Waals surface area contributed by atoms with Crippen LogP contribution in [0.15, 0.2) is 23.1 Å². The lowest BCUT2D eigenvalue weighted by atomic mass is 10.0. The number of rotatable bonds is 6. The molecular formula is C15H22N2O2S. The first-order valence-corrected chi connectivity index (χ1v) is 7.58. The summed E-state index contributed by atoms with van der Waals surface area (Å²) >= 11 is 1.43. The minimum absolute atomic E-state index is 0.0153. The molecule has 1 rings (SSSR count). The molecular weight excluding hydrogens is 272 g/mol. The Hall–Kier alpha value is -1.49. The minimum Gasteiger partial charge on any atom is -0.399 e. The van der Waals surface area contributed by atoms with Gasteiger partial charge in [0.05, 0.1) is 11.8 Å². The Morgan fingerprint density at radius 1 is 1.35 bits per heavy atom. The van der Waals surface area contributed by atoms with Crippen molar-refractivity contribution in [1.82, 2.24) is 5.32 Å². The van der Waals surface area contributed by atoms with Gasteiger partial charge in [-0.3, -0.25) is 9.59 Å². The predicted octanol–water partition coefficient (Wildman–Crippen LogP) is 2.40. The van der Waals surface area contributed by atoms with Crippen molar-refractivity contribution in [3.05, 3.63) is 23.8 Å². The van der Waals surface area contributed by atoms with Crippen LogP contribution in [0.4, 0.5) is 5.69 Å². The number of hydrogen-bond donors (Lipinski definition) is 2. The molecule has 0 radical (unpaired) electrons. The van der Waals surface area contributed by atoms with Crippen LogP contribution in [0.1, 0.15) is 26.3 Å². The third-order valence-corrected chi connectivity index (χ3v) is 4.15. The quantitative estimate of drug-likeness (QED) is 0.624. The summed E-state index contributed by atoms with van der Waals surface area (Å²) in [6.45, 7) is 7.31. The van der Waals surface area contributed by atoms with E-state index in [1.165, 1.54) is 18.7 Å². The fraction of sp³-hybridized carbons (Fsp3) is 0.467. The molecule has 0 spiro atoms. The van der Waals surface area contributed by atoms with Gasteiger partial charge in [-0.25, -0.2) is 0 Å². The van der Waals surface area contributed by atoms with Crippen LogP contribution >= 0.6 is 11.8 Å². The molecule has 3 N–H and O–H groups in total. The van der Waals surface area contributed by atoms with E-state index >= 15 is 0 Å². The maximum atomic E-state index is 11.9. The Morgan fingerprint density at radius 2 is 2.00 bits per heavy atom. The maximum Gasteiger partial charge on any atom is 0.230 e. The zero-order valence-electron chi connectivity index (χ0n) is 12.4. The highest BCUT2D eigenvalue weighted by molar-refractivity contribution is 8.00. The number of nitrogens with two attached hydrogens (primary N) is 1. The number of ketones is 1. The Bertz CT molecular complexity index is 501. The van der Waals surface area contributed by atoms with Gasteiger partial charge in [-0.05, 0) is 37.5 Å². The Labute approximate surface area is 124 Å². The van der Waals surface area contributed by atoms with Gasteiger partial charge >= 0.3 is 0 Å². The molecule has 1 aromatic rings. The van der Waals surface area contributed by atoms with Gasteiger partial charge in [0.1, 0.15) is 0 Å². The van der Waals surface area contributed by atoms with E-state index in [9.17, 15) is 9.59 Å². The molecule has 0 aromatic heterocycles. The van der Waals surface area contributed by atoms with Gasteiger partial charge in [0, 0.05) is 10.6 Å². The number of Topliss-reactive ketones (excluding diaryl/α,β-unsaturated/α-hetero) is 1. The highest BCUT2D eigenvalue weighted by atomic mass is 32.2. The summed E-state index contributed by atoms with van der Waals surface area (Å²) in [5.74, 6) is 0.223. The second-order valence-corrected chi connectivity index (χ2v) is 6.23. The summed E-state index contributed by atoms with van der Waals surface area (Å²) in [5.41, 5.74) is 7.51. The zero-order valence-corrected chi connectivity index (χ0v) is 13.2. The van der Waals surface area contributed by atoms with Crippen molar-refractivity contribution in [3.63, 3.8) is 0 Å². The standard InChI is InChI=1S/C15H22N2O2S/c1-9(2)15(11(4)18)17-14(19)8-20-13-7-12(16)6-5-10(13)3/h5-7,9,15H,8,16H2,1-4H3,(H,17,19). The first-order chi connectivity index (χ1) is 9.31. The SMILES string of the molecule is CC(=O)C(NC(=O)CSc1cc(N)ccc1C)C(C)C. The van der Waals surface area contributed by atoms with Gasteiger partial charge < -0.3 is 11.1 Å². The monoisotopic (exact) mass is 294 g/mol. The first kappa shape index (κ1) is 16.6. The molecule has 0 saturated carbocycles. The molecule has 0 bridgehead atoms. The number of benzene rings is 1. The van der Waals surface area contributed by atoms with Crippen LogP contribution in [0.5, 0.6) is 0 Å². The number of carbonyl (C=O) groups excluding carboxylic acids is 2. The summed E-state index contributed by atoms with van der Waals surface area (Å²) in [7, 11) is 0. The summed E-state index contributed by atoms with van der Waals surface area (Å²) in [6, 6.07) is 5.22. The van der Waals surface area contributed by atoms with Gasteiger partial charge in [-0.1, -0.05) is 19.9 Å². The van der Waals surface area contributed by atoms with E-state index in [1.54, 1.807) is 0 Å². The number of hydrogen-bond acceptors (Lipinski definition) is 4. The number of amides is 1. The van der Waals surface area contributed by atoms with Crippen molar-refractivity contribution in [1.29, 1.82) is 0 Å². The lowest BCUT2D eigenvalue weighted by Crippen LogP contribution is -2.44. The van der Waals surface area contributed by atoms with Gasteiger partial charge in [0.15, 0.2) is 5.78 Å². The highest BCUT2D eigenvalue weighted by Crippen LogP contribution is 2.24. The van der Waals surface area contributed by atoms with Crippen LogP contribution in [0.25, 0.3) is 0 Å². The Balaban J connectivity index is 2.59. The number of anilines is 1. The van der Waals surface area contributed by atoms with Gasteiger partial charge in [0.25, 0.3) is 0 Å². The number of nitrogens with one attached hydrogen (secondary N) is 1. The van der Waals surface area contributed by atoms with Crippen molar-refractivity contribution in [2.45, 2.75) is 38.6 Å². The molecule has 110 valence electrons. The smallest absolute Gasteiger partial charge is 0.230 e. The second kappa shape index (κ2) is 7.33. The van der Waals surface area contributed by atoms with Crippen molar-refractivity contribution < 1.29 is 9.59 Å². The lowest BCUT2D eigenvalue weighted by Gasteiger charge is -2.19. The van der Waals surface area contributed by atoms with E-state index in [1.807, 2.05) is 39.0 Å². The van der Waals surface area contributed by atoms with E-state index in [4.69, 9.17) is 5.73 Å². The first-order valence-electron chi connectivity index (χ1n) is 6.60. The molecule has 0 saturated heterocycles. The predicted molar refractivity (Wildman–Crippen MR) is 83.8 cm³/mol. The average Bonchev–Trinajstić information content (AvgIpc) is 2.36. The van der Waals surface area contributed by atoms with Crippen LogP contribution < -0.4 is 11.1 Å². The third kappa shape index (κ3) is 4.89. The molecule has 0 aliphatic rings. The van der Waals surface area contributed by atoms with Crippen molar-refractivity contribution in [2.24, 2.45) is 5.92 Å². The van der Waals surface area contributed by atoms with Crippen LogP contribution in [0, 0.1) is 12.8 Å². The van der Waals surface area contributed by atoms with E-state index in [2.05, 4.69) is 5.32 Å². The topological polar surface area (TPSA) is 72.2 Å². The molecule has 1 aromatic carbocycles. The van der Waals surface area contributed by atoms with Crippen LogP contribution in [0.2, 0.25) is 0 Å². The lowest BCUT2D eigenvalue weighted by molar-refractivity contribution is -0.126. The van der Waals surface area contributed by atoms with E-state index < -0.39 is 6.04 Å². The number of aryl methyl sites for hydroxylation is 1. The van der Waals surface area contributed by atoms with Crippen LogP contribution in [0.3, 0.4) is 0 Å². The molecule has 0 aliphatic heterocycles. The maximum absolute atomic E-state index is 11.9. The molecule has 0 aliphatic carbocycles. The number of thioether (sulfide) groups is 1. The number of carbonyl (C=O) groups is 2. The summed E-state index contributed by atoms with van der Waals surface area (Å²) in [6.07, 6.45) is 0. The largest absolute Gasteiger partial charge is 0.399 e. The van der Waals surface area contributed by atoms with Crippen LogP contribution in [-0.4, -0.2) is 23.5 Å². The van der Waals surface area contributed by atoms with Gasteiger partial charge in [0.2, 0.25) is 5.91 Å². The van der Waals surface area contributed by atoms with Crippen molar-refractivity contribution in [2.75, 3.05) is 11.5 Å². The normalized spacial score (nSPS) is 12.2. The highest BCUT2D eigenvalue weighted by Gasteiger charge is 2.20. The van der Waals surface area contributed by atoms with Crippen molar-refractivity contribution in [3.8, 4) is 0 Å². The van der Waals surface area contributed by atoms with Gasteiger partial charge in [-0.2, -0.15) is 0 Å². The average molecular weight is 294 g/mol. The fourth-order valence-corrected chi connectivity index (χ4v) is 2.75. The molecule has 1 amide bonds. The van der Waals surface area contributed by atoms with Crippen molar-refractivity contribution >= 4 is 29.1 Å². The third-order valence-electron chi connectivity index (χ3n) is 2.99. The molecule has 4 nitrogen and oxygen atoms in total. The van der Waals surface area contributed by atoms with Gasteiger partial charge in [-0.15, -0.1) is 11.8 Å². The molecule has 5 heteroatoms. The molecule has 20 heavy (non-hydrogen) atoms. The molecule has 1 unspecified atom stereocenters. The zero-order chi connectivity index (χ0) is 15.3.